The van der Waals surface area contributed by atoms with Gasteiger partial charge in [0, 0.05) is 18.6 Å². The molecule has 3 atom stereocenters. The second kappa shape index (κ2) is 5.13. The van der Waals surface area contributed by atoms with E-state index in [-0.39, 0.29) is 5.54 Å². The van der Waals surface area contributed by atoms with E-state index in [1.807, 2.05) is 0 Å². The fourth-order valence-corrected chi connectivity index (χ4v) is 2.70. The number of hydrogen-bond acceptors (Lipinski definition) is 2. The minimum Gasteiger partial charge on any atom is -0.329 e. The van der Waals surface area contributed by atoms with Crippen LogP contribution in [0.15, 0.2) is 12.2 Å². The molecule has 3 unspecified atom stereocenters. The highest BCUT2D eigenvalue weighted by Gasteiger charge is 2.39. The van der Waals surface area contributed by atoms with E-state index in [0.717, 1.165) is 19.0 Å². The summed E-state index contributed by atoms with van der Waals surface area (Å²) in [6, 6.07) is 0. The van der Waals surface area contributed by atoms with Crippen LogP contribution in [-0.2, 0) is 0 Å². The van der Waals surface area contributed by atoms with Crippen molar-refractivity contribution < 1.29 is 0 Å². The predicted molar refractivity (Wildman–Crippen MR) is 66.8 cm³/mol. The standard InChI is InChI=1S/C13H26N2/c1-10(2)8-15-13(9-14)7-5-6-11(3)12(13)4/h11-12,15H,1,5-9,14H2,2-4H3. The summed E-state index contributed by atoms with van der Waals surface area (Å²) in [6.07, 6.45) is 3.85. The van der Waals surface area contributed by atoms with Gasteiger partial charge in [0.2, 0.25) is 0 Å². The van der Waals surface area contributed by atoms with Gasteiger partial charge in [0.05, 0.1) is 0 Å². The van der Waals surface area contributed by atoms with E-state index in [0.29, 0.717) is 5.92 Å². The quantitative estimate of drug-likeness (QED) is 0.699. The normalized spacial score (nSPS) is 36.5. The molecule has 0 heterocycles. The maximum atomic E-state index is 5.98. The van der Waals surface area contributed by atoms with Crippen molar-refractivity contribution in [3.8, 4) is 0 Å². The van der Waals surface area contributed by atoms with Gasteiger partial charge < -0.3 is 11.1 Å². The summed E-state index contributed by atoms with van der Waals surface area (Å²) >= 11 is 0. The van der Waals surface area contributed by atoms with Crippen molar-refractivity contribution in [2.75, 3.05) is 13.1 Å². The number of nitrogens with two attached hydrogens (primary N) is 1. The Balaban J connectivity index is 2.68. The number of nitrogens with one attached hydrogen (secondary N) is 1. The van der Waals surface area contributed by atoms with Gasteiger partial charge in [-0.2, -0.15) is 0 Å². The van der Waals surface area contributed by atoms with Gasteiger partial charge in [-0.3, -0.25) is 0 Å². The lowest BCUT2D eigenvalue weighted by Gasteiger charge is -2.46. The molecule has 0 spiro atoms. The van der Waals surface area contributed by atoms with Gasteiger partial charge in [-0.15, -0.1) is 0 Å². The van der Waals surface area contributed by atoms with E-state index in [9.17, 15) is 0 Å². The van der Waals surface area contributed by atoms with Gasteiger partial charge in [0.25, 0.3) is 0 Å². The molecule has 0 radical (unpaired) electrons. The van der Waals surface area contributed by atoms with Crippen molar-refractivity contribution in [1.82, 2.24) is 5.32 Å². The predicted octanol–water partition coefficient (Wildman–Crippen LogP) is 2.31. The molecule has 2 nitrogen and oxygen atoms in total. The first kappa shape index (κ1) is 12.7. The first-order valence-corrected chi connectivity index (χ1v) is 6.11. The number of hydrogen-bond donors (Lipinski definition) is 2. The van der Waals surface area contributed by atoms with Crippen LogP contribution in [0, 0.1) is 11.8 Å². The lowest BCUT2D eigenvalue weighted by Crippen LogP contribution is -2.59. The Morgan fingerprint density at radius 2 is 2.20 bits per heavy atom. The summed E-state index contributed by atoms with van der Waals surface area (Å²) in [7, 11) is 0. The SMILES string of the molecule is C=C(C)CNC1(CN)CCCC(C)C1C. The van der Waals surface area contributed by atoms with Crippen LogP contribution in [0.5, 0.6) is 0 Å². The zero-order chi connectivity index (χ0) is 11.5. The molecule has 15 heavy (non-hydrogen) atoms. The maximum Gasteiger partial charge on any atom is 0.0335 e. The van der Waals surface area contributed by atoms with E-state index in [4.69, 9.17) is 5.73 Å². The molecule has 1 saturated carbocycles. The topological polar surface area (TPSA) is 38.0 Å². The van der Waals surface area contributed by atoms with Gasteiger partial charge in [-0.1, -0.05) is 38.8 Å². The molecule has 1 aliphatic rings. The van der Waals surface area contributed by atoms with Gasteiger partial charge in [0.15, 0.2) is 0 Å². The first-order chi connectivity index (χ1) is 7.02. The number of rotatable bonds is 4. The van der Waals surface area contributed by atoms with Crippen LogP contribution in [0.25, 0.3) is 0 Å². The molecular formula is C13H26N2. The average Bonchev–Trinajstić information content (AvgIpc) is 2.21. The maximum absolute atomic E-state index is 5.98. The molecule has 0 aromatic carbocycles. The first-order valence-electron chi connectivity index (χ1n) is 6.11. The Morgan fingerprint density at radius 1 is 1.53 bits per heavy atom. The minimum absolute atomic E-state index is 0.149. The fraction of sp³-hybridized carbons (Fsp3) is 0.846. The van der Waals surface area contributed by atoms with Crippen molar-refractivity contribution in [2.45, 2.75) is 45.6 Å². The van der Waals surface area contributed by atoms with Crippen LogP contribution in [-0.4, -0.2) is 18.6 Å². The highest BCUT2D eigenvalue weighted by atomic mass is 15.0. The van der Waals surface area contributed by atoms with Crippen LogP contribution in [0.4, 0.5) is 0 Å². The summed E-state index contributed by atoms with van der Waals surface area (Å²) in [6.45, 7) is 12.3. The second-order valence-corrected chi connectivity index (χ2v) is 5.33. The molecular weight excluding hydrogens is 184 g/mol. The fourth-order valence-electron chi connectivity index (χ4n) is 2.70. The van der Waals surface area contributed by atoms with Crippen molar-refractivity contribution >= 4 is 0 Å². The van der Waals surface area contributed by atoms with E-state index in [1.165, 1.54) is 24.8 Å². The molecule has 1 aliphatic carbocycles. The summed E-state index contributed by atoms with van der Waals surface area (Å²) in [5, 5.41) is 3.64. The van der Waals surface area contributed by atoms with Crippen LogP contribution >= 0.6 is 0 Å². The van der Waals surface area contributed by atoms with Gasteiger partial charge in [-0.25, -0.2) is 0 Å². The Morgan fingerprint density at radius 3 is 2.73 bits per heavy atom. The lowest BCUT2D eigenvalue weighted by molar-refractivity contribution is 0.115. The monoisotopic (exact) mass is 210 g/mol. The summed E-state index contributed by atoms with van der Waals surface area (Å²) < 4.78 is 0. The smallest absolute Gasteiger partial charge is 0.0335 e. The average molecular weight is 210 g/mol. The molecule has 0 aromatic heterocycles. The van der Waals surface area contributed by atoms with Crippen LogP contribution < -0.4 is 11.1 Å². The molecule has 3 N–H and O–H groups in total. The molecule has 0 aliphatic heterocycles. The van der Waals surface area contributed by atoms with Crippen molar-refractivity contribution in [1.29, 1.82) is 0 Å². The Kier molecular flexibility index (Phi) is 4.35. The minimum atomic E-state index is 0.149. The zero-order valence-corrected chi connectivity index (χ0v) is 10.5. The third-order valence-corrected chi connectivity index (χ3v) is 4.11. The molecule has 0 aromatic rings. The third-order valence-electron chi connectivity index (χ3n) is 4.11. The van der Waals surface area contributed by atoms with Crippen LogP contribution in [0.3, 0.4) is 0 Å². The molecule has 0 saturated heterocycles. The second-order valence-electron chi connectivity index (χ2n) is 5.33. The lowest BCUT2D eigenvalue weighted by atomic mass is 9.68. The Labute approximate surface area is 94.3 Å². The molecule has 0 bridgehead atoms. The summed E-state index contributed by atoms with van der Waals surface area (Å²) in [4.78, 5) is 0. The van der Waals surface area contributed by atoms with Crippen molar-refractivity contribution in [2.24, 2.45) is 17.6 Å². The summed E-state index contributed by atoms with van der Waals surface area (Å²) in [5.41, 5.74) is 7.32. The third kappa shape index (κ3) is 2.82. The summed E-state index contributed by atoms with van der Waals surface area (Å²) in [5.74, 6) is 1.44. The Bertz CT molecular complexity index is 225. The zero-order valence-electron chi connectivity index (χ0n) is 10.5. The van der Waals surface area contributed by atoms with Crippen LogP contribution in [0.1, 0.15) is 40.0 Å². The van der Waals surface area contributed by atoms with Crippen LogP contribution in [0.2, 0.25) is 0 Å². The van der Waals surface area contributed by atoms with Gasteiger partial charge in [-0.05, 0) is 25.2 Å². The molecule has 88 valence electrons. The largest absolute Gasteiger partial charge is 0.329 e. The van der Waals surface area contributed by atoms with Gasteiger partial charge >= 0.3 is 0 Å². The van der Waals surface area contributed by atoms with Crippen molar-refractivity contribution in [3.05, 3.63) is 12.2 Å². The highest BCUT2D eigenvalue weighted by molar-refractivity contribution is 5.02. The molecule has 2 heteroatoms. The van der Waals surface area contributed by atoms with E-state index >= 15 is 0 Å². The molecule has 1 fully saturated rings. The van der Waals surface area contributed by atoms with E-state index < -0.39 is 0 Å². The molecule has 1 rings (SSSR count). The van der Waals surface area contributed by atoms with E-state index in [2.05, 4.69) is 32.7 Å². The molecule has 0 amide bonds. The van der Waals surface area contributed by atoms with Crippen molar-refractivity contribution in [3.63, 3.8) is 0 Å². The van der Waals surface area contributed by atoms with E-state index in [1.54, 1.807) is 0 Å². The highest BCUT2D eigenvalue weighted by Crippen LogP contribution is 2.37. The Hall–Kier alpha value is -0.340. The van der Waals surface area contributed by atoms with Gasteiger partial charge in [0.1, 0.15) is 0 Å².